The van der Waals surface area contributed by atoms with E-state index < -0.39 is 6.10 Å². The second kappa shape index (κ2) is 6.71. The summed E-state index contributed by atoms with van der Waals surface area (Å²) in [6.45, 7) is 2.12. The van der Waals surface area contributed by atoms with Crippen LogP contribution in [0.5, 0.6) is 0 Å². The third-order valence-electron chi connectivity index (χ3n) is 3.77. The molecule has 0 aliphatic carbocycles. The molecule has 0 aliphatic rings. The average Bonchev–Trinajstić information content (AvgIpc) is 2.57. The molecule has 0 fully saturated rings. The molecular weight excluding hydrogens is 290 g/mol. The van der Waals surface area contributed by atoms with E-state index in [1.807, 2.05) is 42.5 Å². The Morgan fingerprint density at radius 3 is 2.70 bits per heavy atom. The van der Waals surface area contributed by atoms with Gasteiger partial charge in [0.25, 0.3) is 5.56 Å². The first kappa shape index (κ1) is 15.4. The van der Waals surface area contributed by atoms with E-state index >= 15 is 0 Å². The molecule has 5 nitrogen and oxygen atoms in total. The van der Waals surface area contributed by atoms with Crippen molar-refractivity contribution in [2.24, 2.45) is 0 Å². The third-order valence-corrected chi connectivity index (χ3v) is 3.77. The standard InChI is InChI=1S/C18H19N3O2/c1-13(22)9-10-16-18(23)21(12-14-6-4-5-11-19-14)17-8-3-2-7-15(17)20-16/h2-8,11,13,22H,9-10,12H2,1H3. The van der Waals surface area contributed by atoms with E-state index in [0.29, 0.717) is 25.1 Å². The van der Waals surface area contributed by atoms with Crippen molar-refractivity contribution in [2.75, 3.05) is 0 Å². The van der Waals surface area contributed by atoms with Gasteiger partial charge in [0.1, 0.15) is 5.69 Å². The summed E-state index contributed by atoms with van der Waals surface area (Å²) in [4.78, 5) is 21.6. The molecule has 0 spiro atoms. The first-order valence-electron chi connectivity index (χ1n) is 7.71. The van der Waals surface area contributed by atoms with Gasteiger partial charge in [0.15, 0.2) is 0 Å². The summed E-state index contributed by atoms with van der Waals surface area (Å²) in [5.74, 6) is 0. The number of para-hydroxylation sites is 2. The Morgan fingerprint density at radius 1 is 1.17 bits per heavy atom. The average molecular weight is 309 g/mol. The van der Waals surface area contributed by atoms with E-state index in [9.17, 15) is 9.90 Å². The molecule has 23 heavy (non-hydrogen) atoms. The molecule has 0 aliphatic heterocycles. The number of aromatic nitrogens is 3. The Balaban J connectivity index is 2.09. The number of hydrogen-bond acceptors (Lipinski definition) is 4. The zero-order chi connectivity index (χ0) is 16.2. The van der Waals surface area contributed by atoms with Crippen LogP contribution in [0.1, 0.15) is 24.7 Å². The van der Waals surface area contributed by atoms with Gasteiger partial charge >= 0.3 is 0 Å². The number of aliphatic hydroxyl groups is 1. The van der Waals surface area contributed by atoms with Crippen LogP contribution in [-0.4, -0.2) is 25.7 Å². The number of fused-ring (bicyclic) bond motifs is 1. The van der Waals surface area contributed by atoms with Gasteiger partial charge in [-0.25, -0.2) is 4.98 Å². The van der Waals surface area contributed by atoms with Crippen LogP contribution in [0.25, 0.3) is 11.0 Å². The van der Waals surface area contributed by atoms with Crippen LogP contribution in [0.3, 0.4) is 0 Å². The van der Waals surface area contributed by atoms with Gasteiger partial charge in [0, 0.05) is 6.20 Å². The molecule has 0 amide bonds. The molecular formula is C18H19N3O2. The second-order valence-corrected chi connectivity index (χ2v) is 5.65. The first-order chi connectivity index (χ1) is 11.1. The van der Waals surface area contributed by atoms with Gasteiger partial charge in [-0.05, 0) is 44.0 Å². The second-order valence-electron chi connectivity index (χ2n) is 5.65. The first-order valence-corrected chi connectivity index (χ1v) is 7.71. The summed E-state index contributed by atoms with van der Waals surface area (Å²) in [5, 5.41) is 9.48. The molecule has 1 aromatic carbocycles. The lowest BCUT2D eigenvalue weighted by Gasteiger charge is -2.12. The van der Waals surface area contributed by atoms with E-state index in [-0.39, 0.29) is 5.56 Å². The van der Waals surface area contributed by atoms with Gasteiger partial charge in [-0.3, -0.25) is 14.3 Å². The number of aliphatic hydroxyl groups excluding tert-OH is 1. The van der Waals surface area contributed by atoms with Crippen molar-refractivity contribution in [3.05, 3.63) is 70.4 Å². The lowest BCUT2D eigenvalue weighted by Crippen LogP contribution is -2.27. The molecule has 0 saturated carbocycles. The Morgan fingerprint density at radius 2 is 1.96 bits per heavy atom. The Hall–Kier alpha value is -2.53. The van der Waals surface area contributed by atoms with Crippen LogP contribution < -0.4 is 5.56 Å². The topological polar surface area (TPSA) is 68.0 Å². The lowest BCUT2D eigenvalue weighted by atomic mass is 10.1. The molecule has 0 radical (unpaired) electrons. The van der Waals surface area contributed by atoms with Crippen LogP contribution in [-0.2, 0) is 13.0 Å². The van der Waals surface area contributed by atoms with Crippen LogP contribution in [0.2, 0.25) is 0 Å². The largest absolute Gasteiger partial charge is 0.393 e. The zero-order valence-corrected chi connectivity index (χ0v) is 13.0. The number of nitrogens with zero attached hydrogens (tertiary/aromatic N) is 3. The van der Waals surface area contributed by atoms with E-state index in [2.05, 4.69) is 9.97 Å². The molecule has 0 bridgehead atoms. The maximum absolute atomic E-state index is 12.8. The van der Waals surface area contributed by atoms with Crippen molar-refractivity contribution < 1.29 is 5.11 Å². The summed E-state index contributed by atoms with van der Waals surface area (Å²) in [6, 6.07) is 13.3. The van der Waals surface area contributed by atoms with Gasteiger partial charge in [-0.15, -0.1) is 0 Å². The van der Waals surface area contributed by atoms with E-state index in [4.69, 9.17) is 0 Å². The number of rotatable bonds is 5. The highest BCUT2D eigenvalue weighted by Crippen LogP contribution is 2.12. The van der Waals surface area contributed by atoms with Gasteiger partial charge in [-0.2, -0.15) is 0 Å². The van der Waals surface area contributed by atoms with E-state index in [1.54, 1.807) is 17.7 Å². The smallest absolute Gasteiger partial charge is 0.273 e. The van der Waals surface area contributed by atoms with E-state index in [1.165, 1.54) is 0 Å². The Bertz CT molecular complexity index is 857. The van der Waals surface area contributed by atoms with Crippen molar-refractivity contribution in [3.8, 4) is 0 Å². The van der Waals surface area contributed by atoms with Crippen LogP contribution in [0.4, 0.5) is 0 Å². The minimum atomic E-state index is -0.452. The van der Waals surface area contributed by atoms with Gasteiger partial charge in [0.05, 0.1) is 29.4 Å². The molecule has 2 heterocycles. The van der Waals surface area contributed by atoms with Crippen LogP contribution in [0.15, 0.2) is 53.5 Å². The minimum absolute atomic E-state index is 0.116. The number of pyridine rings is 1. The summed E-state index contributed by atoms with van der Waals surface area (Å²) in [6.07, 6.45) is 2.25. The molecule has 3 rings (SSSR count). The molecule has 2 aromatic heterocycles. The summed E-state index contributed by atoms with van der Waals surface area (Å²) >= 11 is 0. The van der Waals surface area contributed by atoms with Crippen molar-refractivity contribution in [3.63, 3.8) is 0 Å². The molecule has 1 unspecified atom stereocenters. The predicted octanol–water partition coefficient (Wildman–Crippen LogP) is 2.15. The summed E-state index contributed by atoms with van der Waals surface area (Å²) < 4.78 is 1.71. The number of hydrogen-bond donors (Lipinski definition) is 1. The fourth-order valence-corrected chi connectivity index (χ4v) is 2.56. The summed E-state index contributed by atoms with van der Waals surface area (Å²) in [5.41, 5.74) is 2.77. The van der Waals surface area contributed by atoms with Crippen molar-refractivity contribution in [2.45, 2.75) is 32.4 Å². The van der Waals surface area contributed by atoms with Crippen molar-refractivity contribution >= 4 is 11.0 Å². The summed E-state index contributed by atoms with van der Waals surface area (Å²) in [7, 11) is 0. The van der Waals surface area contributed by atoms with Crippen molar-refractivity contribution in [1.29, 1.82) is 0 Å². The lowest BCUT2D eigenvalue weighted by molar-refractivity contribution is 0.184. The maximum Gasteiger partial charge on any atom is 0.273 e. The van der Waals surface area contributed by atoms with Gasteiger partial charge in [0.2, 0.25) is 0 Å². The Kier molecular flexibility index (Phi) is 4.48. The molecule has 5 heteroatoms. The molecule has 0 saturated heterocycles. The van der Waals surface area contributed by atoms with Crippen LogP contribution >= 0.6 is 0 Å². The predicted molar refractivity (Wildman–Crippen MR) is 89.3 cm³/mol. The highest BCUT2D eigenvalue weighted by atomic mass is 16.3. The number of benzene rings is 1. The quantitative estimate of drug-likeness (QED) is 0.784. The molecule has 118 valence electrons. The minimum Gasteiger partial charge on any atom is -0.393 e. The van der Waals surface area contributed by atoms with E-state index in [0.717, 1.165) is 16.7 Å². The zero-order valence-electron chi connectivity index (χ0n) is 13.0. The Labute approximate surface area is 134 Å². The van der Waals surface area contributed by atoms with Crippen LogP contribution in [0, 0.1) is 0 Å². The highest BCUT2D eigenvalue weighted by Gasteiger charge is 2.12. The highest BCUT2D eigenvalue weighted by molar-refractivity contribution is 5.74. The SMILES string of the molecule is CC(O)CCc1nc2ccccc2n(Cc2ccccn2)c1=O. The normalized spacial score (nSPS) is 12.4. The third kappa shape index (κ3) is 3.46. The van der Waals surface area contributed by atoms with Gasteiger partial charge < -0.3 is 5.11 Å². The molecule has 1 atom stereocenters. The monoisotopic (exact) mass is 309 g/mol. The number of aryl methyl sites for hydroxylation is 1. The maximum atomic E-state index is 12.8. The van der Waals surface area contributed by atoms with Gasteiger partial charge in [-0.1, -0.05) is 18.2 Å². The fourth-order valence-electron chi connectivity index (χ4n) is 2.56. The molecule has 1 N–H and O–H groups in total. The van der Waals surface area contributed by atoms with Crippen molar-refractivity contribution in [1.82, 2.24) is 14.5 Å². The fraction of sp³-hybridized carbons (Fsp3) is 0.278. The molecule has 3 aromatic rings.